The molecule has 144 valence electrons. The smallest absolute Gasteiger partial charge is 0.227 e. The zero-order chi connectivity index (χ0) is 19.2. The van der Waals surface area contributed by atoms with Crippen molar-refractivity contribution in [2.45, 2.75) is 12.8 Å². The minimum Gasteiger partial charge on any atom is -0.493 e. The SMILES string of the molecule is COc1ccc(CC(=O)N2CCN(C(=O)Cc3cccs3)CC2)cc1OC. The third-order valence-corrected chi connectivity index (χ3v) is 5.57. The summed E-state index contributed by atoms with van der Waals surface area (Å²) in [6, 6.07) is 9.45. The number of hydrogen-bond acceptors (Lipinski definition) is 5. The van der Waals surface area contributed by atoms with Gasteiger partial charge in [-0.1, -0.05) is 12.1 Å². The lowest BCUT2D eigenvalue weighted by Gasteiger charge is -2.35. The predicted molar refractivity (Wildman–Crippen MR) is 104 cm³/mol. The Labute approximate surface area is 163 Å². The van der Waals surface area contributed by atoms with E-state index in [-0.39, 0.29) is 11.8 Å². The van der Waals surface area contributed by atoms with E-state index < -0.39 is 0 Å². The Bertz CT molecular complexity index is 783. The van der Waals surface area contributed by atoms with Gasteiger partial charge < -0.3 is 19.3 Å². The maximum absolute atomic E-state index is 12.6. The fourth-order valence-electron chi connectivity index (χ4n) is 3.16. The normalized spacial score (nSPS) is 14.1. The molecule has 0 radical (unpaired) electrons. The summed E-state index contributed by atoms with van der Waals surface area (Å²) in [5.74, 6) is 1.45. The largest absolute Gasteiger partial charge is 0.493 e. The first-order chi connectivity index (χ1) is 13.1. The number of benzene rings is 1. The van der Waals surface area contributed by atoms with E-state index in [9.17, 15) is 9.59 Å². The molecule has 0 spiro atoms. The molecule has 7 heteroatoms. The number of methoxy groups -OCH3 is 2. The number of nitrogens with zero attached hydrogens (tertiary/aromatic N) is 2. The number of rotatable bonds is 6. The van der Waals surface area contributed by atoms with E-state index in [1.807, 2.05) is 45.5 Å². The number of thiophene rings is 1. The van der Waals surface area contributed by atoms with Gasteiger partial charge in [0.05, 0.1) is 27.1 Å². The molecule has 2 amide bonds. The molecule has 2 heterocycles. The summed E-state index contributed by atoms with van der Waals surface area (Å²) in [5, 5.41) is 1.98. The van der Waals surface area contributed by atoms with Gasteiger partial charge in [-0.05, 0) is 29.1 Å². The number of piperazine rings is 1. The third-order valence-electron chi connectivity index (χ3n) is 4.69. The van der Waals surface area contributed by atoms with E-state index in [2.05, 4.69) is 0 Å². The monoisotopic (exact) mass is 388 g/mol. The molecule has 1 aromatic heterocycles. The van der Waals surface area contributed by atoms with Crippen LogP contribution < -0.4 is 9.47 Å². The van der Waals surface area contributed by atoms with Crippen molar-refractivity contribution < 1.29 is 19.1 Å². The van der Waals surface area contributed by atoms with E-state index >= 15 is 0 Å². The van der Waals surface area contributed by atoms with Crippen molar-refractivity contribution >= 4 is 23.2 Å². The molecule has 1 aliphatic heterocycles. The van der Waals surface area contributed by atoms with Crippen LogP contribution in [-0.2, 0) is 22.4 Å². The predicted octanol–water partition coefficient (Wildman–Crippen LogP) is 2.22. The van der Waals surface area contributed by atoms with Crippen molar-refractivity contribution in [3.63, 3.8) is 0 Å². The summed E-state index contributed by atoms with van der Waals surface area (Å²) >= 11 is 1.60. The van der Waals surface area contributed by atoms with Crippen LogP contribution in [0.5, 0.6) is 11.5 Å². The van der Waals surface area contributed by atoms with E-state index in [1.165, 1.54) is 0 Å². The van der Waals surface area contributed by atoms with Crippen molar-refractivity contribution in [3.05, 3.63) is 46.2 Å². The highest BCUT2D eigenvalue weighted by atomic mass is 32.1. The molecule has 27 heavy (non-hydrogen) atoms. The van der Waals surface area contributed by atoms with Crippen LogP contribution in [0.4, 0.5) is 0 Å². The second-order valence-corrected chi connectivity index (χ2v) is 7.42. The highest BCUT2D eigenvalue weighted by molar-refractivity contribution is 7.10. The van der Waals surface area contributed by atoms with Crippen LogP contribution in [0, 0.1) is 0 Å². The van der Waals surface area contributed by atoms with Crippen LogP contribution in [0.2, 0.25) is 0 Å². The highest BCUT2D eigenvalue weighted by Gasteiger charge is 2.24. The summed E-state index contributed by atoms with van der Waals surface area (Å²) in [5.41, 5.74) is 0.883. The molecule has 3 rings (SSSR count). The van der Waals surface area contributed by atoms with Crippen LogP contribution in [0.3, 0.4) is 0 Å². The molecule has 1 aromatic carbocycles. The summed E-state index contributed by atoms with van der Waals surface area (Å²) in [6.45, 7) is 2.31. The molecule has 0 bridgehead atoms. The van der Waals surface area contributed by atoms with Crippen molar-refractivity contribution in [2.75, 3.05) is 40.4 Å². The molecule has 1 aliphatic rings. The highest BCUT2D eigenvalue weighted by Crippen LogP contribution is 2.27. The molecule has 0 aliphatic carbocycles. The maximum atomic E-state index is 12.6. The van der Waals surface area contributed by atoms with Gasteiger partial charge in [0.15, 0.2) is 11.5 Å². The first kappa shape index (κ1) is 19.2. The molecular weight excluding hydrogens is 364 g/mol. The van der Waals surface area contributed by atoms with Crippen LogP contribution in [0.25, 0.3) is 0 Å². The van der Waals surface area contributed by atoms with Gasteiger partial charge in [0.25, 0.3) is 0 Å². The van der Waals surface area contributed by atoms with Crippen LogP contribution in [0.15, 0.2) is 35.7 Å². The molecule has 0 saturated carbocycles. The van der Waals surface area contributed by atoms with Gasteiger partial charge in [0.2, 0.25) is 11.8 Å². The molecule has 6 nitrogen and oxygen atoms in total. The van der Waals surface area contributed by atoms with E-state index in [4.69, 9.17) is 9.47 Å². The topological polar surface area (TPSA) is 59.1 Å². The number of ether oxygens (including phenoxy) is 2. The van der Waals surface area contributed by atoms with Crippen molar-refractivity contribution in [1.29, 1.82) is 0 Å². The lowest BCUT2D eigenvalue weighted by Crippen LogP contribution is -2.51. The summed E-state index contributed by atoms with van der Waals surface area (Å²) in [7, 11) is 3.16. The number of carbonyl (C=O) groups is 2. The fourth-order valence-corrected chi connectivity index (χ4v) is 3.85. The van der Waals surface area contributed by atoms with E-state index in [1.54, 1.807) is 25.6 Å². The van der Waals surface area contributed by atoms with Gasteiger partial charge in [-0.15, -0.1) is 11.3 Å². The zero-order valence-electron chi connectivity index (χ0n) is 15.6. The van der Waals surface area contributed by atoms with Gasteiger partial charge in [0.1, 0.15) is 0 Å². The number of carbonyl (C=O) groups excluding carboxylic acids is 2. The second kappa shape index (κ2) is 8.90. The Morgan fingerprint density at radius 2 is 1.56 bits per heavy atom. The van der Waals surface area contributed by atoms with Gasteiger partial charge in [-0.2, -0.15) is 0 Å². The lowest BCUT2D eigenvalue weighted by molar-refractivity contribution is -0.138. The van der Waals surface area contributed by atoms with Crippen LogP contribution in [0.1, 0.15) is 10.4 Å². The Hall–Kier alpha value is -2.54. The molecular formula is C20H24N2O4S. The minimum absolute atomic E-state index is 0.0626. The van der Waals surface area contributed by atoms with Gasteiger partial charge in [-0.3, -0.25) is 9.59 Å². The Morgan fingerprint density at radius 3 is 2.11 bits per heavy atom. The van der Waals surface area contributed by atoms with E-state index in [0.29, 0.717) is 50.5 Å². The minimum atomic E-state index is 0.0626. The molecule has 1 fully saturated rings. The van der Waals surface area contributed by atoms with Crippen LogP contribution in [-0.4, -0.2) is 62.0 Å². The number of hydrogen-bond donors (Lipinski definition) is 0. The summed E-state index contributed by atoms with van der Waals surface area (Å²) in [6.07, 6.45) is 0.751. The summed E-state index contributed by atoms with van der Waals surface area (Å²) < 4.78 is 10.5. The van der Waals surface area contributed by atoms with Crippen LogP contribution >= 0.6 is 11.3 Å². The third kappa shape index (κ3) is 4.80. The van der Waals surface area contributed by atoms with Gasteiger partial charge in [-0.25, -0.2) is 0 Å². The average Bonchev–Trinajstić information content (AvgIpc) is 3.21. The van der Waals surface area contributed by atoms with Gasteiger partial charge in [0, 0.05) is 31.1 Å². The van der Waals surface area contributed by atoms with Crippen molar-refractivity contribution in [1.82, 2.24) is 9.80 Å². The Balaban J connectivity index is 1.52. The molecule has 0 N–H and O–H groups in total. The first-order valence-electron chi connectivity index (χ1n) is 8.89. The maximum Gasteiger partial charge on any atom is 0.227 e. The molecule has 2 aromatic rings. The summed E-state index contributed by atoms with van der Waals surface area (Å²) in [4.78, 5) is 29.7. The quantitative estimate of drug-likeness (QED) is 0.761. The first-order valence-corrected chi connectivity index (χ1v) is 9.77. The molecule has 1 saturated heterocycles. The van der Waals surface area contributed by atoms with Crippen molar-refractivity contribution in [3.8, 4) is 11.5 Å². The Kier molecular flexibility index (Phi) is 6.34. The average molecular weight is 388 g/mol. The van der Waals surface area contributed by atoms with Crippen molar-refractivity contribution in [2.24, 2.45) is 0 Å². The Morgan fingerprint density at radius 1 is 0.926 bits per heavy atom. The number of amides is 2. The lowest BCUT2D eigenvalue weighted by atomic mass is 10.1. The second-order valence-electron chi connectivity index (χ2n) is 6.38. The fraction of sp³-hybridized carbons (Fsp3) is 0.400. The van der Waals surface area contributed by atoms with Gasteiger partial charge >= 0.3 is 0 Å². The zero-order valence-corrected chi connectivity index (χ0v) is 16.5. The standard InChI is InChI=1S/C20H24N2O4S/c1-25-17-6-5-15(12-18(17)26-2)13-19(23)21-7-9-22(10-8-21)20(24)14-16-4-3-11-27-16/h3-6,11-12H,7-10,13-14H2,1-2H3. The molecule has 0 unspecified atom stereocenters. The molecule has 0 atom stereocenters. The van der Waals surface area contributed by atoms with E-state index in [0.717, 1.165) is 10.4 Å².